The van der Waals surface area contributed by atoms with E-state index in [4.69, 9.17) is 9.47 Å². The average molecular weight is 258 g/mol. The van der Waals surface area contributed by atoms with Gasteiger partial charge in [-0.3, -0.25) is 0 Å². The Kier molecular flexibility index (Phi) is 7.76. The van der Waals surface area contributed by atoms with E-state index in [1.165, 1.54) is 0 Å². The minimum absolute atomic E-state index is 0.131. The minimum Gasteiger partial charge on any atom is -0.380 e. The van der Waals surface area contributed by atoms with E-state index in [0.717, 1.165) is 25.9 Å². The summed E-state index contributed by atoms with van der Waals surface area (Å²) < 4.78 is 10.7. The van der Waals surface area contributed by atoms with Gasteiger partial charge in [0.05, 0.1) is 13.2 Å². The van der Waals surface area contributed by atoms with Crippen molar-refractivity contribution < 1.29 is 14.3 Å². The van der Waals surface area contributed by atoms with E-state index in [0.29, 0.717) is 39.5 Å². The number of likely N-dealkylation sites (tertiary alicyclic amines) is 1. The molecule has 1 heterocycles. The fourth-order valence-electron chi connectivity index (χ4n) is 2.05. The van der Waals surface area contributed by atoms with Gasteiger partial charge in [0.2, 0.25) is 0 Å². The molecular formula is C13H26N2O3. The molecule has 106 valence electrons. The molecule has 0 aromatic carbocycles. The van der Waals surface area contributed by atoms with E-state index in [-0.39, 0.29) is 6.03 Å². The van der Waals surface area contributed by atoms with Gasteiger partial charge in [0.1, 0.15) is 0 Å². The van der Waals surface area contributed by atoms with E-state index < -0.39 is 0 Å². The summed E-state index contributed by atoms with van der Waals surface area (Å²) in [4.78, 5) is 16.0. The van der Waals surface area contributed by atoms with E-state index in [9.17, 15) is 4.79 Å². The standard InChI is InChI=1S/C13H26N2O3/c1-3-17-11-9-15(10-12-18-4-2)13(16)14-7-5-6-8-14/h3-12H2,1-2H3. The fraction of sp³-hybridized carbons (Fsp3) is 0.923. The summed E-state index contributed by atoms with van der Waals surface area (Å²) in [6.45, 7) is 9.59. The maximum atomic E-state index is 12.3. The highest BCUT2D eigenvalue weighted by Crippen LogP contribution is 2.10. The predicted molar refractivity (Wildman–Crippen MR) is 70.8 cm³/mol. The van der Waals surface area contributed by atoms with Gasteiger partial charge in [0.15, 0.2) is 0 Å². The lowest BCUT2D eigenvalue weighted by Gasteiger charge is -2.27. The van der Waals surface area contributed by atoms with E-state index in [1.807, 2.05) is 23.6 Å². The average Bonchev–Trinajstić information content (AvgIpc) is 2.90. The Hall–Kier alpha value is -0.810. The molecule has 0 N–H and O–H groups in total. The number of urea groups is 1. The third kappa shape index (κ3) is 5.23. The first kappa shape index (κ1) is 15.2. The van der Waals surface area contributed by atoms with Crippen LogP contribution in [0.5, 0.6) is 0 Å². The molecule has 1 rings (SSSR count). The maximum absolute atomic E-state index is 12.3. The van der Waals surface area contributed by atoms with Crippen LogP contribution in [0.1, 0.15) is 26.7 Å². The van der Waals surface area contributed by atoms with Crippen molar-refractivity contribution in [2.75, 3.05) is 52.6 Å². The lowest BCUT2D eigenvalue weighted by molar-refractivity contribution is 0.0834. The second-order valence-corrected chi connectivity index (χ2v) is 4.36. The minimum atomic E-state index is 0.131. The summed E-state index contributed by atoms with van der Waals surface area (Å²) in [7, 11) is 0. The van der Waals surface area contributed by atoms with Crippen LogP contribution in [-0.4, -0.2) is 68.4 Å². The van der Waals surface area contributed by atoms with Crippen LogP contribution in [0.25, 0.3) is 0 Å². The first-order chi connectivity index (χ1) is 8.79. The van der Waals surface area contributed by atoms with E-state index in [2.05, 4.69) is 0 Å². The molecule has 0 radical (unpaired) electrons. The third-order valence-corrected chi connectivity index (χ3v) is 3.07. The molecule has 5 nitrogen and oxygen atoms in total. The normalized spacial score (nSPS) is 15.1. The number of hydrogen-bond donors (Lipinski definition) is 0. The number of hydrogen-bond acceptors (Lipinski definition) is 3. The van der Waals surface area contributed by atoms with Crippen molar-refractivity contribution in [1.82, 2.24) is 9.80 Å². The van der Waals surface area contributed by atoms with Gasteiger partial charge in [0.25, 0.3) is 0 Å². The van der Waals surface area contributed by atoms with E-state index >= 15 is 0 Å². The van der Waals surface area contributed by atoms with Crippen molar-refractivity contribution in [2.24, 2.45) is 0 Å². The number of carbonyl (C=O) groups is 1. The molecule has 1 fully saturated rings. The summed E-state index contributed by atoms with van der Waals surface area (Å²) >= 11 is 0. The Morgan fingerprint density at radius 3 is 2.00 bits per heavy atom. The second kappa shape index (κ2) is 9.16. The fourth-order valence-corrected chi connectivity index (χ4v) is 2.05. The zero-order valence-corrected chi connectivity index (χ0v) is 11.7. The molecule has 0 aliphatic carbocycles. The number of nitrogens with zero attached hydrogens (tertiary/aromatic N) is 2. The van der Waals surface area contributed by atoms with Crippen LogP contribution in [0, 0.1) is 0 Å². The van der Waals surface area contributed by atoms with Crippen molar-refractivity contribution in [1.29, 1.82) is 0 Å². The molecule has 0 aromatic heterocycles. The lowest BCUT2D eigenvalue weighted by atomic mass is 10.4. The highest BCUT2D eigenvalue weighted by atomic mass is 16.5. The summed E-state index contributed by atoms with van der Waals surface area (Å²) in [6, 6.07) is 0.131. The van der Waals surface area contributed by atoms with Crippen molar-refractivity contribution in [3.8, 4) is 0 Å². The van der Waals surface area contributed by atoms with Gasteiger partial charge in [-0.15, -0.1) is 0 Å². The van der Waals surface area contributed by atoms with Gasteiger partial charge >= 0.3 is 6.03 Å². The van der Waals surface area contributed by atoms with Crippen LogP contribution in [0.4, 0.5) is 4.79 Å². The Morgan fingerprint density at radius 1 is 1.06 bits per heavy atom. The molecule has 1 saturated heterocycles. The number of rotatable bonds is 8. The van der Waals surface area contributed by atoms with Gasteiger partial charge < -0.3 is 19.3 Å². The topological polar surface area (TPSA) is 42.0 Å². The number of ether oxygens (including phenoxy) is 2. The predicted octanol–water partition coefficient (Wildman–Crippen LogP) is 1.58. The Bertz CT molecular complexity index is 220. The summed E-state index contributed by atoms with van der Waals surface area (Å²) in [6.07, 6.45) is 2.24. The monoisotopic (exact) mass is 258 g/mol. The SMILES string of the molecule is CCOCCN(CCOCC)C(=O)N1CCCC1. The molecule has 5 heteroatoms. The first-order valence-electron chi connectivity index (χ1n) is 6.99. The number of carbonyl (C=O) groups excluding carboxylic acids is 1. The second-order valence-electron chi connectivity index (χ2n) is 4.36. The molecule has 0 aromatic rings. The van der Waals surface area contributed by atoms with Crippen molar-refractivity contribution in [2.45, 2.75) is 26.7 Å². The molecule has 1 aliphatic rings. The van der Waals surface area contributed by atoms with Crippen LogP contribution in [0.2, 0.25) is 0 Å². The molecule has 0 unspecified atom stereocenters. The lowest BCUT2D eigenvalue weighted by Crippen LogP contribution is -2.44. The van der Waals surface area contributed by atoms with Gasteiger partial charge in [-0.1, -0.05) is 0 Å². The zero-order valence-electron chi connectivity index (χ0n) is 11.7. The van der Waals surface area contributed by atoms with Gasteiger partial charge in [-0.05, 0) is 26.7 Å². The first-order valence-corrected chi connectivity index (χ1v) is 6.99. The molecule has 0 bridgehead atoms. The van der Waals surface area contributed by atoms with Gasteiger partial charge in [-0.25, -0.2) is 4.79 Å². The van der Waals surface area contributed by atoms with Gasteiger partial charge in [-0.2, -0.15) is 0 Å². The number of amides is 2. The van der Waals surface area contributed by atoms with Crippen LogP contribution in [0.15, 0.2) is 0 Å². The Balaban J connectivity index is 2.38. The van der Waals surface area contributed by atoms with Crippen molar-refractivity contribution >= 4 is 6.03 Å². The smallest absolute Gasteiger partial charge is 0.320 e. The highest BCUT2D eigenvalue weighted by Gasteiger charge is 2.23. The van der Waals surface area contributed by atoms with Crippen LogP contribution < -0.4 is 0 Å². The molecular weight excluding hydrogens is 232 g/mol. The molecule has 1 aliphatic heterocycles. The molecule has 2 amide bonds. The van der Waals surface area contributed by atoms with Crippen LogP contribution >= 0.6 is 0 Å². The highest BCUT2D eigenvalue weighted by molar-refractivity contribution is 5.74. The largest absolute Gasteiger partial charge is 0.380 e. The summed E-state index contributed by atoms with van der Waals surface area (Å²) in [5.74, 6) is 0. The molecule has 0 atom stereocenters. The quantitative estimate of drug-likeness (QED) is 0.621. The van der Waals surface area contributed by atoms with Gasteiger partial charge in [0, 0.05) is 39.4 Å². The Labute approximate surface area is 110 Å². The van der Waals surface area contributed by atoms with Crippen molar-refractivity contribution in [3.63, 3.8) is 0 Å². The van der Waals surface area contributed by atoms with Crippen molar-refractivity contribution in [3.05, 3.63) is 0 Å². The molecule has 18 heavy (non-hydrogen) atoms. The van der Waals surface area contributed by atoms with E-state index in [1.54, 1.807) is 0 Å². The summed E-state index contributed by atoms with van der Waals surface area (Å²) in [5.41, 5.74) is 0. The van der Waals surface area contributed by atoms with Crippen LogP contribution in [0.3, 0.4) is 0 Å². The maximum Gasteiger partial charge on any atom is 0.320 e. The zero-order chi connectivity index (χ0) is 13.2. The summed E-state index contributed by atoms with van der Waals surface area (Å²) in [5, 5.41) is 0. The third-order valence-electron chi connectivity index (χ3n) is 3.07. The van der Waals surface area contributed by atoms with Crippen LogP contribution in [-0.2, 0) is 9.47 Å². The molecule has 0 spiro atoms. The Morgan fingerprint density at radius 2 is 1.56 bits per heavy atom. The molecule has 0 saturated carbocycles.